The fraction of sp³-hybridized carbons (Fsp3) is 0.942. The van der Waals surface area contributed by atoms with Crippen LogP contribution in [0.25, 0.3) is 0 Å². The zero-order chi connectivity index (χ0) is 64.9. The number of carbonyl (C=O) groups is 4. The third-order valence-corrected chi connectivity index (χ3v) is 18.3. The number of aliphatic hydroxyl groups excluding tert-OH is 1. The van der Waals surface area contributed by atoms with E-state index in [9.17, 15) is 43.2 Å². The molecule has 0 aliphatic rings. The van der Waals surface area contributed by atoms with Gasteiger partial charge in [0, 0.05) is 25.7 Å². The highest BCUT2D eigenvalue weighted by Gasteiger charge is 2.30. The molecule has 0 aromatic heterocycles. The van der Waals surface area contributed by atoms with Gasteiger partial charge < -0.3 is 33.8 Å². The van der Waals surface area contributed by atoms with Crippen LogP contribution < -0.4 is 0 Å². The highest BCUT2D eigenvalue weighted by molar-refractivity contribution is 7.47. The molecule has 0 bridgehead atoms. The maximum atomic E-state index is 13.0. The number of ether oxygens (including phenoxy) is 4. The molecular formula is C69H134O17P2. The summed E-state index contributed by atoms with van der Waals surface area (Å²) in [4.78, 5) is 72.4. The van der Waals surface area contributed by atoms with E-state index in [1.165, 1.54) is 173 Å². The van der Waals surface area contributed by atoms with Gasteiger partial charge in [0.15, 0.2) is 12.2 Å². The van der Waals surface area contributed by atoms with Crippen molar-refractivity contribution in [2.75, 3.05) is 39.6 Å². The largest absolute Gasteiger partial charge is 0.472 e. The molecule has 0 spiro atoms. The van der Waals surface area contributed by atoms with Crippen molar-refractivity contribution in [3.8, 4) is 0 Å². The predicted molar refractivity (Wildman–Crippen MR) is 354 cm³/mol. The first kappa shape index (κ1) is 86.1. The van der Waals surface area contributed by atoms with Gasteiger partial charge in [-0.15, -0.1) is 0 Å². The molecule has 0 saturated heterocycles. The summed E-state index contributed by atoms with van der Waals surface area (Å²) in [5.41, 5.74) is 0. The second kappa shape index (κ2) is 62.5. The molecule has 3 unspecified atom stereocenters. The van der Waals surface area contributed by atoms with Gasteiger partial charge in [0.2, 0.25) is 0 Å². The molecule has 0 aliphatic carbocycles. The van der Waals surface area contributed by atoms with Gasteiger partial charge in [-0.2, -0.15) is 0 Å². The zero-order valence-corrected chi connectivity index (χ0v) is 58.6. The van der Waals surface area contributed by atoms with Crippen molar-refractivity contribution in [2.45, 2.75) is 374 Å². The van der Waals surface area contributed by atoms with Crippen molar-refractivity contribution in [2.24, 2.45) is 5.92 Å². The first-order valence-corrected chi connectivity index (χ1v) is 39.2. The van der Waals surface area contributed by atoms with Crippen LogP contribution in [0.4, 0.5) is 0 Å². The molecule has 0 aromatic carbocycles. The number of phosphoric ester groups is 2. The van der Waals surface area contributed by atoms with E-state index in [0.717, 1.165) is 102 Å². The Labute approximate surface area is 537 Å². The lowest BCUT2D eigenvalue weighted by Gasteiger charge is -2.21. The van der Waals surface area contributed by atoms with Gasteiger partial charge in [-0.1, -0.05) is 304 Å². The average molecular weight is 1300 g/mol. The fourth-order valence-electron chi connectivity index (χ4n) is 10.4. The topological polar surface area (TPSA) is 237 Å². The second-order valence-electron chi connectivity index (χ2n) is 25.2. The standard InChI is InChI=1S/C69H134O17P2/c1-6-10-13-16-19-22-24-25-26-27-28-29-31-33-40-45-50-55-69(74)86-65(59-80-67(72)53-48-43-38-35-34-36-41-46-51-62(5)9-4)61-84-88(77,78)82-57-63(70)56-81-87(75,76)83-60-64(58-79-66(71)52-47-42-37-21-18-15-12-8-3)85-68(73)54-49-44-39-32-30-23-20-17-14-11-7-2/h62-65,70H,6-61H2,1-5H3,(H,75,76)(H,77,78)/t62?,63-,64+,65+/m0/s1. The van der Waals surface area contributed by atoms with Crippen LogP contribution in [0.2, 0.25) is 0 Å². The van der Waals surface area contributed by atoms with Crippen LogP contribution in [0.1, 0.15) is 356 Å². The van der Waals surface area contributed by atoms with Crippen molar-refractivity contribution < 1.29 is 80.2 Å². The molecule has 0 aliphatic heterocycles. The highest BCUT2D eigenvalue weighted by atomic mass is 31.2. The summed E-state index contributed by atoms with van der Waals surface area (Å²) in [6.45, 7) is 7.22. The number of carbonyl (C=O) groups excluding carboxylic acids is 4. The molecule has 0 aromatic rings. The number of hydrogen-bond acceptors (Lipinski definition) is 15. The van der Waals surface area contributed by atoms with Crippen molar-refractivity contribution in [3.63, 3.8) is 0 Å². The van der Waals surface area contributed by atoms with Gasteiger partial charge in [0.05, 0.1) is 26.4 Å². The molecule has 0 amide bonds. The number of aliphatic hydroxyl groups is 1. The summed E-state index contributed by atoms with van der Waals surface area (Å²) in [6.07, 6.45) is 48.5. The summed E-state index contributed by atoms with van der Waals surface area (Å²) >= 11 is 0. The number of unbranched alkanes of at least 4 members (excludes halogenated alkanes) is 40. The lowest BCUT2D eigenvalue weighted by atomic mass is 9.99. The second-order valence-corrected chi connectivity index (χ2v) is 28.1. The maximum Gasteiger partial charge on any atom is 0.472 e. The minimum atomic E-state index is -4.95. The van der Waals surface area contributed by atoms with Gasteiger partial charge in [0.1, 0.15) is 19.3 Å². The normalized spacial score (nSPS) is 14.4. The molecule has 0 radical (unpaired) electrons. The van der Waals surface area contributed by atoms with E-state index in [1.807, 2.05) is 0 Å². The Hall–Kier alpha value is -1.94. The molecule has 88 heavy (non-hydrogen) atoms. The van der Waals surface area contributed by atoms with Crippen LogP contribution >= 0.6 is 15.6 Å². The van der Waals surface area contributed by atoms with Gasteiger partial charge >= 0.3 is 39.5 Å². The average Bonchev–Trinajstić information content (AvgIpc) is 3.58. The number of rotatable bonds is 69. The Bertz CT molecular complexity index is 1710. The van der Waals surface area contributed by atoms with Crippen LogP contribution in [0.15, 0.2) is 0 Å². The lowest BCUT2D eigenvalue weighted by Crippen LogP contribution is -2.30. The van der Waals surface area contributed by atoms with Gasteiger partial charge in [0.25, 0.3) is 0 Å². The first-order valence-electron chi connectivity index (χ1n) is 36.2. The van der Waals surface area contributed by atoms with Crippen LogP contribution in [0, 0.1) is 5.92 Å². The number of phosphoric acid groups is 2. The van der Waals surface area contributed by atoms with E-state index < -0.39 is 97.5 Å². The van der Waals surface area contributed by atoms with Gasteiger partial charge in [-0.25, -0.2) is 9.13 Å². The predicted octanol–water partition coefficient (Wildman–Crippen LogP) is 19.7. The van der Waals surface area contributed by atoms with Crippen molar-refractivity contribution in [1.82, 2.24) is 0 Å². The van der Waals surface area contributed by atoms with E-state index in [2.05, 4.69) is 34.6 Å². The van der Waals surface area contributed by atoms with Crippen LogP contribution in [0.3, 0.4) is 0 Å². The van der Waals surface area contributed by atoms with E-state index in [-0.39, 0.29) is 25.7 Å². The molecule has 0 fully saturated rings. The summed E-state index contributed by atoms with van der Waals surface area (Å²) in [6, 6.07) is 0. The minimum absolute atomic E-state index is 0.107. The molecule has 19 heteroatoms. The van der Waals surface area contributed by atoms with Crippen molar-refractivity contribution >= 4 is 39.5 Å². The SMILES string of the molecule is CCCCCCCCCCCCCCCCCCCC(=O)O[C@H](COC(=O)CCCCCCCCCCC(C)CC)COP(=O)(O)OC[C@@H](O)COP(=O)(O)OC[C@@H](COC(=O)CCCCCCCCCC)OC(=O)CCCCCCCCCCCCC. The molecule has 522 valence electrons. The van der Waals surface area contributed by atoms with E-state index in [1.54, 1.807) is 0 Å². The molecule has 0 heterocycles. The monoisotopic (exact) mass is 1300 g/mol. The van der Waals surface area contributed by atoms with Gasteiger partial charge in [-0.05, 0) is 31.6 Å². The summed E-state index contributed by atoms with van der Waals surface area (Å²) in [5.74, 6) is -1.35. The molecule has 6 atom stereocenters. The smallest absolute Gasteiger partial charge is 0.462 e. The summed E-state index contributed by atoms with van der Waals surface area (Å²) < 4.78 is 68.2. The minimum Gasteiger partial charge on any atom is -0.462 e. The Morgan fingerprint density at radius 3 is 0.807 bits per heavy atom. The van der Waals surface area contributed by atoms with E-state index in [0.29, 0.717) is 25.7 Å². The fourth-order valence-corrected chi connectivity index (χ4v) is 12.0. The van der Waals surface area contributed by atoms with Crippen molar-refractivity contribution in [3.05, 3.63) is 0 Å². The van der Waals surface area contributed by atoms with Crippen molar-refractivity contribution in [1.29, 1.82) is 0 Å². The van der Waals surface area contributed by atoms with Crippen LogP contribution in [-0.4, -0.2) is 96.7 Å². The first-order chi connectivity index (χ1) is 42.6. The van der Waals surface area contributed by atoms with E-state index in [4.69, 9.17) is 37.0 Å². The van der Waals surface area contributed by atoms with Crippen LogP contribution in [0.5, 0.6) is 0 Å². The molecular weight excluding hydrogens is 1160 g/mol. The molecule has 0 saturated carbocycles. The third kappa shape index (κ3) is 61.6. The molecule has 0 rings (SSSR count). The Morgan fingerprint density at radius 2 is 0.545 bits per heavy atom. The highest BCUT2D eigenvalue weighted by Crippen LogP contribution is 2.45. The van der Waals surface area contributed by atoms with Crippen LogP contribution in [-0.2, 0) is 65.4 Å². The molecule has 17 nitrogen and oxygen atoms in total. The number of hydrogen-bond donors (Lipinski definition) is 3. The van der Waals surface area contributed by atoms with Gasteiger partial charge in [-0.3, -0.25) is 37.3 Å². The number of esters is 4. The quantitative estimate of drug-likeness (QED) is 0.0222. The zero-order valence-electron chi connectivity index (χ0n) is 56.9. The Morgan fingerprint density at radius 1 is 0.318 bits per heavy atom. The third-order valence-electron chi connectivity index (χ3n) is 16.4. The molecule has 3 N–H and O–H groups in total. The Kier molecular flexibility index (Phi) is 61.1. The summed E-state index contributed by atoms with van der Waals surface area (Å²) in [7, 11) is -9.89. The van der Waals surface area contributed by atoms with E-state index >= 15 is 0 Å². The lowest BCUT2D eigenvalue weighted by molar-refractivity contribution is -0.161. The Balaban J connectivity index is 5.21. The maximum absolute atomic E-state index is 13.0. The summed E-state index contributed by atoms with van der Waals surface area (Å²) in [5, 5.41) is 10.6.